The van der Waals surface area contributed by atoms with Gasteiger partial charge in [0.15, 0.2) is 10.9 Å². The van der Waals surface area contributed by atoms with Gasteiger partial charge in [0, 0.05) is 19.6 Å². The zero-order chi connectivity index (χ0) is 22.1. The van der Waals surface area contributed by atoms with Crippen LogP contribution in [0.15, 0.2) is 55.5 Å². The van der Waals surface area contributed by atoms with Crippen LogP contribution < -0.4 is 0 Å². The summed E-state index contributed by atoms with van der Waals surface area (Å²) < 4.78 is 40.7. The van der Waals surface area contributed by atoms with Gasteiger partial charge < -0.3 is 13.4 Å². The molecule has 1 saturated heterocycles. The van der Waals surface area contributed by atoms with E-state index in [0.717, 1.165) is 29.9 Å². The Morgan fingerprint density at radius 2 is 1.97 bits per heavy atom. The second kappa shape index (κ2) is 8.72. The van der Waals surface area contributed by atoms with Crippen molar-refractivity contribution in [1.29, 1.82) is 0 Å². The van der Waals surface area contributed by atoms with E-state index in [1.807, 2.05) is 13.0 Å². The number of hydrogen-bond donors (Lipinski definition) is 0. The molecule has 4 heterocycles. The molecule has 0 spiro atoms. The number of nitrogens with zero attached hydrogens (tertiary/aromatic N) is 5. The quantitative estimate of drug-likeness (QED) is 0.368. The molecule has 0 radical (unpaired) electrons. The van der Waals surface area contributed by atoms with Crippen molar-refractivity contribution >= 4 is 32.8 Å². The lowest BCUT2D eigenvalue weighted by Gasteiger charge is -2.25. The summed E-state index contributed by atoms with van der Waals surface area (Å²) in [6.07, 6.45) is 4.45. The normalized spacial score (nSPS) is 15.5. The predicted molar refractivity (Wildman–Crippen MR) is 120 cm³/mol. The third-order valence-corrected chi connectivity index (χ3v) is 8.33. The molecule has 0 atom stereocenters. The number of fused-ring (bicyclic) bond motifs is 1. The number of hydrogen-bond acceptors (Lipinski definition) is 8. The lowest BCUT2D eigenvalue weighted by atomic mass is 10.2. The monoisotopic (exact) mass is 473 g/mol. The Kier molecular flexibility index (Phi) is 5.78. The predicted octanol–water partition coefficient (Wildman–Crippen LogP) is 4.17. The lowest BCUT2D eigenvalue weighted by Crippen LogP contribution is -2.35. The van der Waals surface area contributed by atoms with Crippen LogP contribution in [0, 0.1) is 0 Å². The van der Waals surface area contributed by atoms with E-state index < -0.39 is 10.0 Å². The number of aryl methyl sites for hydroxylation is 1. The first-order chi connectivity index (χ1) is 15.6. The van der Waals surface area contributed by atoms with Crippen molar-refractivity contribution in [3.05, 3.63) is 42.5 Å². The van der Waals surface area contributed by atoms with Crippen LogP contribution in [0.1, 0.15) is 32.1 Å². The molecule has 1 aromatic carbocycles. The van der Waals surface area contributed by atoms with Gasteiger partial charge in [-0.1, -0.05) is 18.2 Å². The Labute approximate surface area is 189 Å². The SMILES string of the molecule is CCn1c(SCc2nnc(-c3ccco3)o2)nc2cc(S(=O)(=O)N3CCCCC3)ccc21. The Hall–Kier alpha value is -2.63. The van der Waals surface area contributed by atoms with E-state index >= 15 is 0 Å². The van der Waals surface area contributed by atoms with Crippen LogP contribution in [-0.2, 0) is 22.3 Å². The van der Waals surface area contributed by atoms with Crippen molar-refractivity contribution in [3.8, 4) is 11.7 Å². The molecular formula is C21H23N5O4S2. The molecule has 0 bridgehead atoms. The third-order valence-electron chi connectivity index (χ3n) is 5.48. The topological polar surface area (TPSA) is 107 Å². The Morgan fingerprint density at radius 1 is 1.12 bits per heavy atom. The highest BCUT2D eigenvalue weighted by atomic mass is 32.2. The molecule has 1 aliphatic heterocycles. The van der Waals surface area contributed by atoms with E-state index in [4.69, 9.17) is 13.8 Å². The van der Waals surface area contributed by atoms with Crippen LogP contribution in [0.2, 0.25) is 0 Å². The molecule has 1 fully saturated rings. The smallest absolute Gasteiger partial charge is 0.283 e. The summed E-state index contributed by atoms with van der Waals surface area (Å²) in [5.74, 6) is 1.76. The van der Waals surface area contributed by atoms with E-state index in [1.54, 1.807) is 34.8 Å². The second-order valence-electron chi connectivity index (χ2n) is 7.52. The average Bonchev–Trinajstić information content (AvgIpc) is 3.57. The van der Waals surface area contributed by atoms with Crippen LogP contribution in [0.5, 0.6) is 0 Å². The van der Waals surface area contributed by atoms with E-state index in [2.05, 4.69) is 14.8 Å². The standard InChI is InChI=1S/C21H23N5O4S2/c1-2-26-17-9-8-15(32(27,28)25-10-4-3-5-11-25)13-16(17)22-21(26)31-14-19-23-24-20(30-19)18-7-6-12-29-18/h6-9,12-13H,2-5,10-11,14H2,1H3. The van der Waals surface area contributed by atoms with Gasteiger partial charge in [0.25, 0.3) is 5.89 Å². The minimum absolute atomic E-state index is 0.296. The Bertz CT molecular complexity index is 1320. The zero-order valence-corrected chi connectivity index (χ0v) is 19.2. The first-order valence-electron chi connectivity index (χ1n) is 10.6. The van der Waals surface area contributed by atoms with Crippen LogP contribution in [-0.4, -0.2) is 45.6 Å². The highest BCUT2D eigenvalue weighted by Crippen LogP contribution is 2.30. The molecule has 32 heavy (non-hydrogen) atoms. The minimum Gasteiger partial charge on any atom is -0.459 e. The summed E-state index contributed by atoms with van der Waals surface area (Å²) in [6, 6.07) is 8.72. The zero-order valence-electron chi connectivity index (χ0n) is 17.6. The average molecular weight is 474 g/mol. The number of piperidine rings is 1. The Balaban J connectivity index is 1.39. The molecule has 0 N–H and O–H groups in total. The van der Waals surface area contributed by atoms with Crippen molar-refractivity contribution in [2.24, 2.45) is 0 Å². The molecule has 1 aliphatic rings. The number of sulfonamides is 1. The summed E-state index contributed by atoms with van der Waals surface area (Å²) >= 11 is 1.47. The largest absolute Gasteiger partial charge is 0.459 e. The third kappa shape index (κ3) is 3.96. The molecule has 11 heteroatoms. The van der Waals surface area contributed by atoms with Gasteiger partial charge in [-0.25, -0.2) is 13.4 Å². The van der Waals surface area contributed by atoms with Crippen molar-refractivity contribution in [2.45, 2.75) is 48.5 Å². The number of imidazole rings is 1. The van der Waals surface area contributed by atoms with Crippen LogP contribution in [0.4, 0.5) is 0 Å². The van der Waals surface area contributed by atoms with Crippen LogP contribution in [0.3, 0.4) is 0 Å². The molecule has 5 rings (SSSR count). The molecule has 9 nitrogen and oxygen atoms in total. The fourth-order valence-corrected chi connectivity index (χ4v) is 6.31. The van der Waals surface area contributed by atoms with Crippen molar-refractivity contribution in [2.75, 3.05) is 13.1 Å². The van der Waals surface area contributed by atoms with Gasteiger partial charge >= 0.3 is 0 Å². The summed E-state index contributed by atoms with van der Waals surface area (Å²) in [7, 11) is -3.50. The molecule has 0 unspecified atom stereocenters. The van der Waals surface area contributed by atoms with Crippen molar-refractivity contribution in [1.82, 2.24) is 24.1 Å². The first kappa shape index (κ1) is 21.2. The van der Waals surface area contributed by atoms with Gasteiger partial charge in [-0.05, 0) is 50.1 Å². The second-order valence-corrected chi connectivity index (χ2v) is 10.4. The van der Waals surface area contributed by atoms with E-state index in [0.29, 0.717) is 53.3 Å². The van der Waals surface area contributed by atoms with Gasteiger partial charge in [-0.2, -0.15) is 4.31 Å². The van der Waals surface area contributed by atoms with Gasteiger partial charge in [0.1, 0.15) is 0 Å². The molecule has 0 saturated carbocycles. The highest BCUT2D eigenvalue weighted by Gasteiger charge is 2.26. The molecule has 168 valence electrons. The first-order valence-corrected chi connectivity index (χ1v) is 13.0. The molecule has 3 aromatic heterocycles. The van der Waals surface area contributed by atoms with Gasteiger partial charge in [0.2, 0.25) is 15.9 Å². The number of thioether (sulfide) groups is 1. The van der Waals surface area contributed by atoms with Crippen molar-refractivity contribution in [3.63, 3.8) is 0 Å². The summed E-state index contributed by atoms with van der Waals surface area (Å²) in [5.41, 5.74) is 1.56. The summed E-state index contributed by atoms with van der Waals surface area (Å²) in [5, 5.41) is 8.86. The molecule has 4 aromatic rings. The van der Waals surface area contributed by atoms with Gasteiger partial charge in [-0.3, -0.25) is 0 Å². The Morgan fingerprint density at radius 3 is 2.72 bits per heavy atom. The number of aromatic nitrogens is 4. The highest BCUT2D eigenvalue weighted by molar-refractivity contribution is 7.98. The summed E-state index contributed by atoms with van der Waals surface area (Å²) in [4.78, 5) is 5.00. The number of rotatable bonds is 7. The van der Waals surface area contributed by atoms with E-state index in [9.17, 15) is 8.42 Å². The van der Waals surface area contributed by atoms with E-state index in [-0.39, 0.29) is 0 Å². The number of benzene rings is 1. The maximum Gasteiger partial charge on any atom is 0.283 e. The molecule has 0 amide bonds. The fraction of sp³-hybridized carbons (Fsp3) is 0.381. The summed E-state index contributed by atoms with van der Waals surface area (Å²) in [6.45, 7) is 3.90. The maximum absolute atomic E-state index is 13.1. The maximum atomic E-state index is 13.1. The van der Waals surface area contributed by atoms with Crippen molar-refractivity contribution < 1.29 is 17.3 Å². The lowest BCUT2D eigenvalue weighted by molar-refractivity contribution is 0.346. The molecule has 0 aliphatic carbocycles. The van der Waals surface area contributed by atoms with Crippen LogP contribution in [0.25, 0.3) is 22.7 Å². The van der Waals surface area contributed by atoms with Gasteiger partial charge in [-0.15, -0.1) is 10.2 Å². The fourth-order valence-electron chi connectivity index (χ4n) is 3.86. The minimum atomic E-state index is -3.50. The molecular weight excluding hydrogens is 450 g/mol. The van der Waals surface area contributed by atoms with E-state index in [1.165, 1.54) is 11.8 Å². The van der Waals surface area contributed by atoms with Gasteiger partial charge in [0.05, 0.1) is 27.9 Å². The van der Waals surface area contributed by atoms with Crippen LogP contribution >= 0.6 is 11.8 Å². The number of furan rings is 1.